The Morgan fingerprint density at radius 1 is 1.19 bits per heavy atom. The molecule has 7 nitrogen and oxygen atoms in total. The summed E-state index contributed by atoms with van der Waals surface area (Å²) in [4.78, 5) is 4.47. The molecule has 1 aliphatic heterocycles. The molecule has 0 radical (unpaired) electrons. The molecule has 2 aromatic carbocycles. The lowest BCUT2D eigenvalue weighted by atomic mass is 10.0. The standard InChI is InChI=1S/C23H24N4O3S/c1-3-16(2)25-23-21(14-24)26-22(30-23)18-8-10-20(11-9-18)31(28,29)27-13-12-17-6-4-5-7-19(17)15-27/h4-11,16,25H,3,12-13,15H2,1-2H3. The van der Waals surface area contributed by atoms with Gasteiger partial charge >= 0.3 is 0 Å². The van der Waals surface area contributed by atoms with Crippen LogP contribution < -0.4 is 5.32 Å². The van der Waals surface area contributed by atoms with Crippen LogP contribution in [0.1, 0.15) is 37.1 Å². The molecule has 1 aromatic heterocycles. The molecule has 0 bridgehead atoms. The van der Waals surface area contributed by atoms with Crippen molar-refractivity contribution in [1.29, 1.82) is 5.26 Å². The predicted octanol–water partition coefficient (Wildman–Crippen LogP) is 4.17. The Hall–Kier alpha value is -3.15. The van der Waals surface area contributed by atoms with Gasteiger partial charge in [-0.3, -0.25) is 0 Å². The third kappa shape index (κ3) is 4.20. The van der Waals surface area contributed by atoms with Gasteiger partial charge in [-0.15, -0.1) is 0 Å². The second-order valence-electron chi connectivity index (χ2n) is 7.64. The summed E-state index contributed by atoms with van der Waals surface area (Å²) in [5.74, 6) is 0.605. The van der Waals surface area contributed by atoms with E-state index in [-0.39, 0.29) is 22.5 Å². The molecule has 1 unspecified atom stereocenters. The summed E-state index contributed by atoms with van der Waals surface area (Å²) in [6, 6.07) is 16.5. The molecule has 0 saturated heterocycles. The maximum atomic E-state index is 13.1. The molecule has 1 atom stereocenters. The molecular formula is C23H24N4O3S. The van der Waals surface area contributed by atoms with Gasteiger partial charge in [0.25, 0.3) is 0 Å². The number of nitrogens with one attached hydrogen (secondary N) is 1. The first kappa shape index (κ1) is 21.1. The van der Waals surface area contributed by atoms with Crippen molar-refractivity contribution in [2.45, 2.75) is 44.2 Å². The van der Waals surface area contributed by atoms with Crippen LogP contribution >= 0.6 is 0 Å². The summed E-state index contributed by atoms with van der Waals surface area (Å²) in [6.07, 6.45) is 1.57. The molecule has 4 rings (SSSR count). The number of nitriles is 1. The SMILES string of the molecule is CCC(C)Nc1oc(-c2ccc(S(=O)(=O)N3CCc4ccccc4C3)cc2)nc1C#N. The van der Waals surface area contributed by atoms with Crippen LogP contribution in [-0.4, -0.2) is 30.3 Å². The minimum Gasteiger partial charge on any atom is -0.419 e. The van der Waals surface area contributed by atoms with Gasteiger partial charge in [-0.25, -0.2) is 8.42 Å². The maximum Gasteiger partial charge on any atom is 0.243 e. The van der Waals surface area contributed by atoms with Crippen molar-refractivity contribution in [1.82, 2.24) is 9.29 Å². The van der Waals surface area contributed by atoms with E-state index in [1.165, 1.54) is 9.87 Å². The fourth-order valence-electron chi connectivity index (χ4n) is 3.54. The van der Waals surface area contributed by atoms with Gasteiger partial charge in [0.1, 0.15) is 6.07 Å². The third-order valence-electron chi connectivity index (χ3n) is 5.56. The number of nitrogens with zero attached hydrogens (tertiary/aromatic N) is 3. The van der Waals surface area contributed by atoms with Crippen molar-refractivity contribution in [3.8, 4) is 17.5 Å². The van der Waals surface area contributed by atoms with E-state index in [2.05, 4.69) is 10.3 Å². The van der Waals surface area contributed by atoms with Crippen molar-refractivity contribution < 1.29 is 12.8 Å². The topological polar surface area (TPSA) is 99.2 Å². The Morgan fingerprint density at radius 3 is 2.58 bits per heavy atom. The van der Waals surface area contributed by atoms with Crippen LogP contribution in [-0.2, 0) is 23.0 Å². The van der Waals surface area contributed by atoms with Crippen LogP contribution in [0.5, 0.6) is 0 Å². The lowest BCUT2D eigenvalue weighted by Crippen LogP contribution is -2.35. The number of sulfonamides is 1. The van der Waals surface area contributed by atoms with E-state index in [1.54, 1.807) is 24.3 Å². The second-order valence-corrected chi connectivity index (χ2v) is 9.58. The van der Waals surface area contributed by atoms with Crippen molar-refractivity contribution in [2.75, 3.05) is 11.9 Å². The van der Waals surface area contributed by atoms with E-state index >= 15 is 0 Å². The summed E-state index contributed by atoms with van der Waals surface area (Å²) in [6.45, 7) is 4.84. The largest absolute Gasteiger partial charge is 0.419 e. The van der Waals surface area contributed by atoms with E-state index in [0.29, 0.717) is 31.0 Å². The highest BCUT2D eigenvalue weighted by atomic mass is 32.2. The highest BCUT2D eigenvalue weighted by Crippen LogP contribution is 2.29. The number of hydrogen-bond donors (Lipinski definition) is 1. The molecule has 160 valence electrons. The van der Waals surface area contributed by atoms with Crippen molar-refractivity contribution in [3.63, 3.8) is 0 Å². The quantitative estimate of drug-likeness (QED) is 0.623. The number of anilines is 1. The molecular weight excluding hydrogens is 412 g/mol. The molecule has 1 aliphatic rings. The smallest absolute Gasteiger partial charge is 0.243 e. The van der Waals surface area contributed by atoms with E-state index in [0.717, 1.165) is 12.0 Å². The van der Waals surface area contributed by atoms with Crippen LogP contribution in [0.3, 0.4) is 0 Å². The summed E-state index contributed by atoms with van der Waals surface area (Å²) in [5.41, 5.74) is 3.03. The van der Waals surface area contributed by atoms with Gasteiger partial charge in [0, 0.05) is 24.7 Å². The van der Waals surface area contributed by atoms with E-state index in [1.807, 2.05) is 44.2 Å². The highest BCUT2D eigenvalue weighted by Gasteiger charge is 2.28. The fourth-order valence-corrected chi connectivity index (χ4v) is 4.96. The molecule has 3 aromatic rings. The van der Waals surface area contributed by atoms with Gasteiger partial charge in [-0.2, -0.15) is 14.6 Å². The third-order valence-corrected chi connectivity index (χ3v) is 7.42. The molecule has 2 heterocycles. The zero-order chi connectivity index (χ0) is 22.0. The Bertz CT molecular complexity index is 1230. The zero-order valence-electron chi connectivity index (χ0n) is 17.5. The van der Waals surface area contributed by atoms with Crippen molar-refractivity contribution in [2.24, 2.45) is 0 Å². The van der Waals surface area contributed by atoms with E-state index < -0.39 is 10.0 Å². The Morgan fingerprint density at radius 2 is 1.90 bits per heavy atom. The summed E-state index contributed by atoms with van der Waals surface area (Å²) < 4.78 is 33.5. The van der Waals surface area contributed by atoms with Crippen LogP contribution in [0.25, 0.3) is 11.5 Å². The number of aromatic nitrogens is 1. The van der Waals surface area contributed by atoms with Crippen molar-refractivity contribution >= 4 is 15.9 Å². The molecule has 8 heteroatoms. The fraction of sp³-hybridized carbons (Fsp3) is 0.304. The maximum absolute atomic E-state index is 13.1. The van der Waals surface area contributed by atoms with Crippen LogP contribution in [0.4, 0.5) is 5.88 Å². The number of rotatable bonds is 6. The zero-order valence-corrected chi connectivity index (χ0v) is 18.3. The van der Waals surface area contributed by atoms with E-state index in [9.17, 15) is 13.7 Å². The normalized spacial score (nSPS) is 15.1. The monoisotopic (exact) mass is 436 g/mol. The molecule has 0 aliphatic carbocycles. The summed E-state index contributed by atoms with van der Waals surface area (Å²) in [7, 11) is -3.61. The van der Waals surface area contributed by atoms with Crippen LogP contribution in [0.2, 0.25) is 0 Å². The van der Waals surface area contributed by atoms with Gasteiger partial charge in [-0.05, 0) is 55.2 Å². The number of fused-ring (bicyclic) bond motifs is 1. The van der Waals surface area contributed by atoms with Crippen LogP contribution in [0.15, 0.2) is 57.8 Å². The Labute approximate surface area is 182 Å². The minimum atomic E-state index is -3.61. The molecule has 0 amide bonds. The average Bonchev–Trinajstić information content (AvgIpc) is 3.21. The van der Waals surface area contributed by atoms with E-state index in [4.69, 9.17) is 4.42 Å². The summed E-state index contributed by atoms with van der Waals surface area (Å²) in [5, 5.41) is 12.5. The lowest BCUT2D eigenvalue weighted by Gasteiger charge is -2.28. The second kappa shape index (κ2) is 8.53. The van der Waals surface area contributed by atoms with Gasteiger partial charge in [0.05, 0.1) is 4.90 Å². The number of benzene rings is 2. The lowest BCUT2D eigenvalue weighted by molar-refractivity contribution is 0.391. The minimum absolute atomic E-state index is 0.134. The molecule has 31 heavy (non-hydrogen) atoms. The molecule has 0 fully saturated rings. The first-order chi connectivity index (χ1) is 14.9. The Kier molecular flexibility index (Phi) is 5.81. The number of hydrogen-bond acceptors (Lipinski definition) is 6. The Balaban J connectivity index is 1.57. The predicted molar refractivity (Wildman–Crippen MR) is 118 cm³/mol. The van der Waals surface area contributed by atoms with Gasteiger partial charge in [0.2, 0.25) is 27.5 Å². The summed E-state index contributed by atoms with van der Waals surface area (Å²) >= 11 is 0. The highest BCUT2D eigenvalue weighted by molar-refractivity contribution is 7.89. The molecule has 0 saturated carbocycles. The first-order valence-corrected chi connectivity index (χ1v) is 11.7. The van der Waals surface area contributed by atoms with Crippen molar-refractivity contribution in [3.05, 3.63) is 65.4 Å². The van der Waals surface area contributed by atoms with Crippen LogP contribution in [0, 0.1) is 11.3 Å². The molecule has 1 N–H and O–H groups in total. The molecule has 0 spiro atoms. The van der Waals surface area contributed by atoms with Gasteiger partial charge < -0.3 is 9.73 Å². The number of oxazole rings is 1. The average molecular weight is 437 g/mol. The van der Waals surface area contributed by atoms with Gasteiger partial charge in [-0.1, -0.05) is 31.2 Å². The van der Waals surface area contributed by atoms with Gasteiger partial charge in [0.15, 0.2) is 0 Å². The first-order valence-electron chi connectivity index (χ1n) is 10.3.